The van der Waals surface area contributed by atoms with E-state index in [0.717, 1.165) is 36.2 Å². The number of hydrogen-bond donors (Lipinski definition) is 2. The Hall–Kier alpha value is -2.66. The van der Waals surface area contributed by atoms with Gasteiger partial charge in [0.05, 0.1) is 17.4 Å². The summed E-state index contributed by atoms with van der Waals surface area (Å²) in [6.45, 7) is 0. The first-order chi connectivity index (χ1) is 12.2. The van der Waals surface area contributed by atoms with E-state index in [9.17, 15) is 9.90 Å². The second kappa shape index (κ2) is 6.69. The lowest BCUT2D eigenvalue weighted by Gasteiger charge is -2.26. The first kappa shape index (κ1) is 15.8. The highest BCUT2D eigenvalue weighted by Gasteiger charge is 2.22. The van der Waals surface area contributed by atoms with Crippen LogP contribution in [0.1, 0.15) is 36.0 Å². The third kappa shape index (κ3) is 3.42. The van der Waals surface area contributed by atoms with Gasteiger partial charge in [-0.05, 0) is 37.8 Å². The van der Waals surface area contributed by atoms with Gasteiger partial charge >= 0.3 is 0 Å². The molecular weight excluding hydrogens is 314 g/mol. The number of amides is 1. The molecule has 25 heavy (non-hydrogen) atoms. The van der Waals surface area contributed by atoms with E-state index in [1.165, 1.54) is 0 Å². The molecule has 1 aromatic carbocycles. The number of hydrogen-bond acceptors (Lipinski definition) is 3. The normalized spacial score (nSPS) is 20.5. The van der Waals surface area contributed by atoms with Gasteiger partial charge in [0.1, 0.15) is 5.65 Å². The van der Waals surface area contributed by atoms with E-state index in [1.807, 2.05) is 53.2 Å². The maximum Gasteiger partial charge on any atom is 0.252 e. The van der Waals surface area contributed by atoms with E-state index in [2.05, 4.69) is 10.3 Å². The molecule has 1 aliphatic carbocycles. The number of carbonyl (C=O) groups is 1. The minimum Gasteiger partial charge on any atom is -0.393 e. The summed E-state index contributed by atoms with van der Waals surface area (Å²) in [4.78, 5) is 17.1. The highest BCUT2D eigenvalue weighted by Crippen LogP contribution is 2.20. The predicted octanol–water partition coefficient (Wildman–Crippen LogP) is 3.03. The quantitative estimate of drug-likeness (QED) is 0.773. The number of nitrogens with zero attached hydrogens (tertiary/aromatic N) is 2. The van der Waals surface area contributed by atoms with Crippen LogP contribution in [-0.4, -0.2) is 32.5 Å². The van der Waals surface area contributed by atoms with Crippen molar-refractivity contribution in [3.8, 4) is 11.3 Å². The second-order valence-electron chi connectivity index (χ2n) is 6.67. The summed E-state index contributed by atoms with van der Waals surface area (Å²) in [6.07, 6.45) is 6.78. The topological polar surface area (TPSA) is 66.6 Å². The van der Waals surface area contributed by atoms with Crippen LogP contribution in [0.25, 0.3) is 16.9 Å². The number of nitrogens with one attached hydrogen (secondary N) is 1. The Labute approximate surface area is 146 Å². The number of fused-ring (bicyclic) bond motifs is 1. The smallest absolute Gasteiger partial charge is 0.252 e. The SMILES string of the molecule is O=C(NC1CCCC(O)C1)c1ccc2nc(-c3ccccc3)cn2c1. The van der Waals surface area contributed by atoms with Gasteiger partial charge in [-0.3, -0.25) is 4.79 Å². The maximum absolute atomic E-state index is 12.5. The number of rotatable bonds is 3. The van der Waals surface area contributed by atoms with Crippen LogP contribution < -0.4 is 5.32 Å². The Morgan fingerprint density at radius 2 is 1.96 bits per heavy atom. The van der Waals surface area contributed by atoms with Crippen molar-refractivity contribution in [2.45, 2.75) is 37.8 Å². The zero-order valence-corrected chi connectivity index (χ0v) is 13.9. The van der Waals surface area contributed by atoms with E-state index >= 15 is 0 Å². The molecule has 0 saturated heterocycles. The molecule has 1 fully saturated rings. The molecule has 1 amide bonds. The molecule has 2 aromatic heterocycles. The number of carbonyl (C=O) groups excluding carboxylic acids is 1. The van der Waals surface area contributed by atoms with Crippen LogP contribution in [0.3, 0.4) is 0 Å². The molecule has 0 radical (unpaired) electrons. The summed E-state index contributed by atoms with van der Waals surface area (Å²) in [5.41, 5.74) is 3.34. The first-order valence-corrected chi connectivity index (χ1v) is 8.72. The van der Waals surface area contributed by atoms with Gasteiger partial charge in [0.2, 0.25) is 0 Å². The molecule has 2 N–H and O–H groups in total. The van der Waals surface area contributed by atoms with Crippen LogP contribution in [0.4, 0.5) is 0 Å². The fourth-order valence-corrected chi connectivity index (χ4v) is 3.44. The maximum atomic E-state index is 12.5. The Morgan fingerprint density at radius 3 is 2.76 bits per heavy atom. The predicted molar refractivity (Wildman–Crippen MR) is 96.4 cm³/mol. The van der Waals surface area contributed by atoms with Crippen molar-refractivity contribution < 1.29 is 9.90 Å². The lowest BCUT2D eigenvalue weighted by atomic mass is 9.93. The summed E-state index contributed by atoms with van der Waals surface area (Å²) in [7, 11) is 0. The van der Waals surface area contributed by atoms with Crippen molar-refractivity contribution in [1.29, 1.82) is 0 Å². The molecule has 0 spiro atoms. The molecule has 1 aliphatic rings. The van der Waals surface area contributed by atoms with Gasteiger partial charge in [-0.2, -0.15) is 0 Å². The molecular formula is C20H21N3O2. The van der Waals surface area contributed by atoms with E-state index in [1.54, 1.807) is 6.07 Å². The summed E-state index contributed by atoms with van der Waals surface area (Å²) in [5, 5.41) is 12.8. The van der Waals surface area contributed by atoms with Crippen molar-refractivity contribution in [2.75, 3.05) is 0 Å². The number of aromatic nitrogens is 2. The van der Waals surface area contributed by atoms with Gasteiger partial charge in [0, 0.05) is 24.0 Å². The zero-order chi connectivity index (χ0) is 17.2. The third-order valence-corrected chi connectivity index (χ3v) is 4.76. The highest BCUT2D eigenvalue weighted by atomic mass is 16.3. The van der Waals surface area contributed by atoms with Gasteiger partial charge in [0.15, 0.2) is 0 Å². The van der Waals surface area contributed by atoms with E-state index in [4.69, 9.17) is 0 Å². The summed E-state index contributed by atoms with van der Waals surface area (Å²) < 4.78 is 1.88. The van der Waals surface area contributed by atoms with Crippen LogP contribution in [0.15, 0.2) is 54.9 Å². The largest absolute Gasteiger partial charge is 0.393 e. The van der Waals surface area contributed by atoms with Gasteiger partial charge < -0.3 is 14.8 Å². The fraction of sp³-hybridized carbons (Fsp3) is 0.300. The minimum atomic E-state index is -0.302. The molecule has 2 unspecified atom stereocenters. The molecule has 4 rings (SSSR count). The molecule has 3 aromatic rings. The number of benzene rings is 1. The molecule has 0 bridgehead atoms. The monoisotopic (exact) mass is 335 g/mol. The van der Waals surface area contributed by atoms with Crippen LogP contribution in [-0.2, 0) is 0 Å². The second-order valence-corrected chi connectivity index (χ2v) is 6.67. The number of imidazole rings is 1. The number of aliphatic hydroxyl groups is 1. The molecule has 5 nitrogen and oxygen atoms in total. The first-order valence-electron chi connectivity index (χ1n) is 8.72. The van der Waals surface area contributed by atoms with E-state index in [-0.39, 0.29) is 18.1 Å². The molecule has 0 aliphatic heterocycles. The Morgan fingerprint density at radius 1 is 1.12 bits per heavy atom. The van der Waals surface area contributed by atoms with Crippen LogP contribution >= 0.6 is 0 Å². The lowest BCUT2D eigenvalue weighted by molar-refractivity contribution is 0.0849. The molecule has 5 heteroatoms. The van der Waals surface area contributed by atoms with Crippen molar-refractivity contribution >= 4 is 11.6 Å². The van der Waals surface area contributed by atoms with Crippen LogP contribution in [0.2, 0.25) is 0 Å². The Balaban J connectivity index is 1.55. The van der Waals surface area contributed by atoms with Crippen molar-refractivity contribution in [3.63, 3.8) is 0 Å². The molecule has 2 heterocycles. The average molecular weight is 335 g/mol. The Kier molecular flexibility index (Phi) is 4.24. The van der Waals surface area contributed by atoms with Crippen LogP contribution in [0.5, 0.6) is 0 Å². The highest BCUT2D eigenvalue weighted by molar-refractivity contribution is 5.94. The lowest BCUT2D eigenvalue weighted by Crippen LogP contribution is -2.39. The van der Waals surface area contributed by atoms with Gasteiger partial charge in [-0.15, -0.1) is 0 Å². The summed E-state index contributed by atoms with van der Waals surface area (Å²) in [5.74, 6) is -0.101. The van der Waals surface area contributed by atoms with E-state index in [0.29, 0.717) is 12.0 Å². The average Bonchev–Trinajstić information content (AvgIpc) is 3.06. The van der Waals surface area contributed by atoms with Crippen molar-refractivity contribution in [1.82, 2.24) is 14.7 Å². The fourth-order valence-electron chi connectivity index (χ4n) is 3.44. The number of pyridine rings is 1. The van der Waals surface area contributed by atoms with Gasteiger partial charge in [0.25, 0.3) is 5.91 Å². The summed E-state index contributed by atoms with van der Waals surface area (Å²) >= 11 is 0. The zero-order valence-electron chi connectivity index (χ0n) is 13.9. The van der Waals surface area contributed by atoms with Crippen molar-refractivity contribution in [2.24, 2.45) is 0 Å². The standard InChI is InChI=1S/C20H21N3O2/c24-17-8-4-7-16(11-17)21-20(25)15-9-10-19-22-18(13-23(19)12-15)14-5-2-1-3-6-14/h1-3,5-6,9-10,12-13,16-17,24H,4,7-8,11H2,(H,21,25). The third-order valence-electron chi connectivity index (χ3n) is 4.76. The summed E-state index contributed by atoms with van der Waals surface area (Å²) in [6, 6.07) is 13.7. The molecule has 1 saturated carbocycles. The number of aliphatic hydroxyl groups excluding tert-OH is 1. The molecule has 2 atom stereocenters. The minimum absolute atomic E-state index is 0.0506. The van der Waals surface area contributed by atoms with E-state index < -0.39 is 0 Å². The van der Waals surface area contributed by atoms with Crippen molar-refractivity contribution in [3.05, 3.63) is 60.4 Å². The van der Waals surface area contributed by atoms with Gasteiger partial charge in [-0.1, -0.05) is 30.3 Å². The van der Waals surface area contributed by atoms with Crippen LogP contribution in [0, 0.1) is 0 Å². The van der Waals surface area contributed by atoms with Gasteiger partial charge in [-0.25, -0.2) is 4.98 Å². The molecule has 128 valence electrons. The Bertz CT molecular complexity index is 888.